The number of alkyl halides is 1. The second-order valence-electron chi connectivity index (χ2n) is 4.95. The Kier molecular flexibility index (Phi) is 4.12. The van der Waals surface area contributed by atoms with E-state index in [0.29, 0.717) is 25.6 Å². The van der Waals surface area contributed by atoms with Gasteiger partial charge in [-0.1, -0.05) is 12.1 Å². The number of ether oxygens (including phenoxy) is 1. The number of aryl methyl sites for hydroxylation is 1. The van der Waals surface area contributed by atoms with Crippen LogP contribution in [0.3, 0.4) is 0 Å². The van der Waals surface area contributed by atoms with Gasteiger partial charge >= 0.3 is 6.09 Å². The molecular formula is C15H15ClN2O2S. The zero-order valence-corrected chi connectivity index (χ0v) is 13.2. The SMILES string of the molecule is Cc1cc(-c2nc(CCl)cs2)ccc1CN1CCOC1=O. The van der Waals surface area contributed by atoms with Crippen molar-refractivity contribution in [2.45, 2.75) is 19.3 Å². The smallest absolute Gasteiger partial charge is 0.410 e. The van der Waals surface area contributed by atoms with E-state index in [4.69, 9.17) is 16.3 Å². The molecular weight excluding hydrogens is 308 g/mol. The molecule has 6 heteroatoms. The second-order valence-corrected chi connectivity index (χ2v) is 6.08. The molecule has 1 aromatic heterocycles. The fraction of sp³-hybridized carbons (Fsp3) is 0.333. The molecule has 1 fully saturated rings. The molecule has 1 amide bonds. The third kappa shape index (κ3) is 3.04. The molecule has 0 bridgehead atoms. The van der Waals surface area contributed by atoms with Crippen LogP contribution in [0.15, 0.2) is 23.6 Å². The first-order valence-corrected chi connectivity index (χ1v) is 8.11. The fourth-order valence-corrected chi connectivity index (χ4v) is 3.33. The molecule has 1 aliphatic rings. The normalized spacial score (nSPS) is 14.6. The van der Waals surface area contributed by atoms with Crippen LogP contribution in [0.5, 0.6) is 0 Å². The first kappa shape index (κ1) is 14.4. The largest absolute Gasteiger partial charge is 0.448 e. The van der Waals surface area contributed by atoms with Crippen LogP contribution in [-0.4, -0.2) is 29.1 Å². The van der Waals surface area contributed by atoms with Gasteiger partial charge in [0.2, 0.25) is 0 Å². The van der Waals surface area contributed by atoms with E-state index in [2.05, 4.69) is 24.0 Å². The molecule has 0 N–H and O–H groups in total. The number of benzene rings is 1. The average Bonchev–Trinajstić information content (AvgIpc) is 3.10. The topological polar surface area (TPSA) is 42.4 Å². The molecule has 0 radical (unpaired) electrons. The Morgan fingerprint density at radius 3 is 2.95 bits per heavy atom. The number of carbonyl (C=O) groups excluding carboxylic acids is 1. The van der Waals surface area contributed by atoms with Crippen molar-refractivity contribution in [2.75, 3.05) is 13.2 Å². The molecule has 0 unspecified atom stereocenters. The van der Waals surface area contributed by atoms with E-state index in [1.54, 1.807) is 16.2 Å². The first-order valence-electron chi connectivity index (χ1n) is 6.69. The van der Waals surface area contributed by atoms with Gasteiger partial charge in [0.05, 0.1) is 18.1 Å². The van der Waals surface area contributed by atoms with E-state index in [1.807, 2.05) is 11.4 Å². The van der Waals surface area contributed by atoms with Crippen molar-refractivity contribution in [2.24, 2.45) is 0 Å². The standard InChI is InChI=1S/C15H15ClN2O2S/c1-10-6-11(14-17-13(7-16)9-21-14)2-3-12(10)8-18-4-5-20-15(18)19/h2-3,6,9H,4-5,7-8H2,1H3. The number of hydrogen-bond donors (Lipinski definition) is 0. The molecule has 1 aromatic carbocycles. The van der Waals surface area contributed by atoms with Crippen molar-refractivity contribution >= 4 is 29.0 Å². The van der Waals surface area contributed by atoms with Gasteiger partial charge in [0.25, 0.3) is 0 Å². The predicted octanol–water partition coefficient (Wildman–Crippen LogP) is 3.81. The number of hydrogen-bond acceptors (Lipinski definition) is 4. The molecule has 0 spiro atoms. The number of thiazole rings is 1. The van der Waals surface area contributed by atoms with Gasteiger partial charge in [-0.25, -0.2) is 9.78 Å². The lowest BCUT2D eigenvalue weighted by atomic mass is 10.0. The lowest BCUT2D eigenvalue weighted by molar-refractivity contribution is 0.157. The molecule has 1 saturated heterocycles. The van der Waals surface area contributed by atoms with Crippen molar-refractivity contribution in [1.82, 2.24) is 9.88 Å². The van der Waals surface area contributed by atoms with Gasteiger partial charge in [0.1, 0.15) is 11.6 Å². The van der Waals surface area contributed by atoms with Crippen molar-refractivity contribution < 1.29 is 9.53 Å². The summed E-state index contributed by atoms with van der Waals surface area (Å²) in [4.78, 5) is 17.7. The van der Waals surface area contributed by atoms with Gasteiger partial charge in [-0.15, -0.1) is 22.9 Å². The molecule has 0 aliphatic carbocycles. The molecule has 2 heterocycles. The average molecular weight is 323 g/mol. The second kappa shape index (κ2) is 6.03. The molecule has 3 rings (SSSR count). The molecule has 0 atom stereocenters. The monoisotopic (exact) mass is 322 g/mol. The Balaban J connectivity index is 1.80. The van der Waals surface area contributed by atoms with E-state index >= 15 is 0 Å². The summed E-state index contributed by atoms with van der Waals surface area (Å²) < 4.78 is 4.95. The minimum Gasteiger partial charge on any atom is -0.448 e. The maximum absolute atomic E-state index is 11.5. The van der Waals surface area contributed by atoms with E-state index < -0.39 is 0 Å². The summed E-state index contributed by atoms with van der Waals surface area (Å²) >= 11 is 7.38. The zero-order valence-electron chi connectivity index (χ0n) is 11.6. The van der Waals surface area contributed by atoms with Crippen molar-refractivity contribution in [3.8, 4) is 10.6 Å². The van der Waals surface area contributed by atoms with Crippen LogP contribution in [0.2, 0.25) is 0 Å². The van der Waals surface area contributed by atoms with E-state index in [9.17, 15) is 4.79 Å². The van der Waals surface area contributed by atoms with Gasteiger partial charge in [-0.3, -0.25) is 0 Å². The molecule has 4 nitrogen and oxygen atoms in total. The molecule has 21 heavy (non-hydrogen) atoms. The summed E-state index contributed by atoms with van der Waals surface area (Å²) in [6.07, 6.45) is -0.231. The highest BCUT2D eigenvalue weighted by Gasteiger charge is 2.22. The highest BCUT2D eigenvalue weighted by Crippen LogP contribution is 2.27. The summed E-state index contributed by atoms with van der Waals surface area (Å²) in [5, 5.41) is 2.95. The minimum atomic E-state index is -0.231. The summed E-state index contributed by atoms with van der Waals surface area (Å²) in [6, 6.07) is 6.20. The van der Waals surface area contributed by atoms with Gasteiger partial charge in [-0.2, -0.15) is 0 Å². The number of cyclic esters (lactones) is 1. The summed E-state index contributed by atoms with van der Waals surface area (Å²) in [7, 11) is 0. The summed E-state index contributed by atoms with van der Waals surface area (Å²) in [5.74, 6) is 0.435. The number of rotatable bonds is 4. The van der Waals surface area contributed by atoms with Crippen LogP contribution in [0, 0.1) is 6.92 Å². The van der Waals surface area contributed by atoms with Crippen LogP contribution in [0.4, 0.5) is 4.79 Å². The van der Waals surface area contributed by atoms with E-state index in [1.165, 1.54) is 0 Å². The lowest BCUT2D eigenvalue weighted by Gasteiger charge is -2.14. The van der Waals surface area contributed by atoms with Crippen LogP contribution in [0.1, 0.15) is 16.8 Å². The molecule has 0 saturated carbocycles. The fourth-order valence-electron chi connectivity index (χ4n) is 2.28. The van der Waals surface area contributed by atoms with Crippen LogP contribution in [0.25, 0.3) is 10.6 Å². The quantitative estimate of drug-likeness (QED) is 0.804. The Hall–Kier alpha value is -1.59. The van der Waals surface area contributed by atoms with Gasteiger partial charge in [0.15, 0.2) is 0 Å². The highest BCUT2D eigenvalue weighted by molar-refractivity contribution is 7.13. The highest BCUT2D eigenvalue weighted by atomic mass is 35.5. The summed E-state index contributed by atoms with van der Waals surface area (Å²) in [6.45, 7) is 3.79. The van der Waals surface area contributed by atoms with E-state index in [-0.39, 0.29) is 6.09 Å². The van der Waals surface area contributed by atoms with Crippen LogP contribution in [-0.2, 0) is 17.2 Å². The molecule has 110 valence electrons. The number of halogens is 1. The maximum atomic E-state index is 11.5. The van der Waals surface area contributed by atoms with Crippen molar-refractivity contribution in [3.05, 3.63) is 40.4 Å². The Labute approximate surface area is 132 Å². The van der Waals surface area contributed by atoms with Crippen LogP contribution >= 0.6 is 22.9 Å². The number of aromatic nitrogens is 1. The Morgan fingerprint density at radius 2 is 2.33 bits per heavy atom. The Morgan fingerprint density at radius 1 is 1.48 bits per heavy atom. The Bertz CT molecular complexity index is 671. The molecule has 1 aliphatic heterocycles. The van der Waals surface area contributed by atoms with Gasteiger partial charge < -0.3 is 9.64 Å². The van der Waals surface area contributed by atoms with Gasteiger partial charge in [-0.05, 0) is 24.1 Å². The number of amides is 1. The lowest BCUT2D eigenvalue weighted by Crippen LogP contribution is -2.23. The van der Waals surface area contributed by atoms with Crippen molar-refractivity contribution in [3.63, 3.8) is 0 Å². The summed E-state index contributed by atoms with van der Waals surface area (Å²) in [5.41, 5.74) is 4.27. The number of nitrogens with zero attached hydrogens (tertiary/aromatic N) is 2. The van der Waals surface area contributed by atoms with Crippen LogP contribution < -0.4 is 0 Å². The molecule has 2 aromatic rings. The van der Waals surface area contributed by atoms with Crippen molar-refractivity contribution in [1.29, 1.82) is 0 Å². The number of carbonyl (C=O) groups is 1. The van der Waals surface area contributed by atoms with Gasteiger partial charge in [0, 0.05) is 17.5 Å². The third-order valence-corrected chi connectivity index (χ3v) is 4.70. The zero-order chi connectivity index (χ0) is 14.8. The predicted molar refractivity (Wildman–Crippen MR) is 83.6 cm³/mol. The maximum Gasteiger partial charge on any atom is 0.410 e. The minimum absolute atomic E-state index is 0.231. The first-order chi connectivity index (χ1) is 10.2. The third-order valence-electron chi connectivity index (χ3n) is 3.48. The van der Waals surface area contributed by atoms with E-state index in [0.717, 1.165) is 27.4 Å².